The number of carbonyl (C=O) groups excluding carboxylic acids is 1. The fraction of sp³-hybridized carbons (Fsp3) is 0.438. The normalized spacial score (nSPS) is 17.2. The van der Waals surface area contributed by atoms with Crippen molar-refractivity contribution in [3.8, 4) is 5.88 Å². The lowest BCUT2D eigenvalue weighted by Crippen LogP contribution is -2.25. The van der Waals surface area contributed by atoms with Crippen LogP contribution in [0.3, 0.4) is 0 Å². The van der Waals surface area contributed by atoms with Crippen molar-refractivity contribution >= 4 is 5.91 Å². The van der Waals surface area contributed by atoms with Crippen LogP contribution in [0.5, 0.6) is 5.88 Å². The molecule has 1 saturated heterocycles. The Morgan fingerprint density at radius 2 is 2.39 bits per heavy atom. The number of ether oxygens (including phenoxy) is 2. The predicted octanol–water partition coefficient (Wildman–Crippen LogP) is 2.25. The van der Waals surface area contributed by atoms with Crippen molar-refractivity contribution in [2.24, 2.45) is 0 Å². The number of hydrogen-bond donors (Lipinski definition) is 1. The quantitative estimate of drug-likeness (QED) is 0.879. The molecule has 1 aliphatic rings. The summed E-state index contributed by atoms with van der Waals surface area (Å²) in [5, 5.41) is 2.83. The fourth-order valence-corrected chi connectivity index (χ4v) is 2.52. The molecule has 0 bridgehead atoms. The van der Waals surface area contributed by atoms with Crippen LogP contribution in [-0.4, -0.2) is 29.1 Å². The molecule has 2 aromatic rings. The molecular formula is C16H19N3O4. The maximum Gasteiger partial charge on any atom is 0.273 e. The van der Waals surface area contributed by atoms with Gasteiger partial charge in [-0.1, -0.05) is 6.07 Å². The Hall–Kier alpha value is -2.41. The van der Waals surface area contributed by atoms with Crippen LogP contribution >= 0.6 is 0 Å². The van der Waals surface area contributed by atoms with Crippen molar-refractivity contribution in [3.63, 3.8) is 0 Å². The van der Waals surface area contributed by atoms with Gasteiger partial charge in [0.15, 0.2) is 17.8 Å². The van der Waals surface area contributed by atoms with E-state index < -0.39 is 0 Å². The summed E-state index contributed by atoms with van der Waals surface area (Å²) in [5.74, 6) is 0.724. The first-order valence-corrected chi connectivity index (χ1v) is 7.69. The molecule has 1 unspecified atom stereocenters. The van der Waals surface area contributed by atoms with Crippen molar-refractivity contribution < 1.29 is 18.7 Å². The van der Waals surface area contributed by atoms with Crippen molar-refractivity contribution in [1.82, 2.24) is 15.3 Å². The van der Waals surface area contributed by atoms with Gasteiger partial charge in [0, 0.05) is 24.9 Å². The molecule has 2 aromatic heterocycles. The van der Waals surface area contributed by atoms with Gasteiger partial charge >= 0.3 is 0 Å². The molecule has 3 heterocycles. The van der Waals surface area contributed by atoms with E-state index in [1.807, 2.05) is 13.0 Å². The smallest absolute Gasteiger partial charge is 0.273 e. The molecule has 0 aromatic carbocycles. The average molecular weight is 317 g/mol. The third-order valence-electron chi connectivity index (χ3n) is 3.60. The van der Waals surface area contributed by atoms with Crippen LogP contribution in [0.4, 0.5) is 0 Å². The summed E-state index contributed by atoms with van der Waals surface area (Å²) in [5.41, 5.74) is 1.09. The molecule has 1 atom stereocenters. The van der Waals surface area contributed by atoms with Crippen LogP contribution in [0.15, 0.2) is 29.1 Å². The topological polar surface area (TPSA) is 86.5 Å². The molecule has 122 valence electrons. The van der Waals surface area contributed by atoms with E-state index in [1.54, 1.807) is 12.3 Å². The van der Waals surface area contributed by atoms with E-state index in [0.29, 0.717) is 31.4 Å². The van der Waals surface area contributed by atoms with Crippen LogP contribution in [0, 0.1) is 0 Å². The molecule has 1 amide bonds. The maximum absolute atomic E-state index is 12.4. The van der Waals surface area contributed by atoms with E-state index in [1.165, 1.54) is 6.39 Å². The number of nitrogens with one attached hydrogen (secondary N) is 1. The highest BCUT2D eigenvalue weighted by molar-refractivity contribution is 5.93. The summed E-state index contributed by atoms with van der Waals surface area (Å²) in [4.78, 5) is 20.6. The Morgan fingerprint density at radius 1 is 1.48 bits per heavy atom. The zero-order valence-electron chi connectivity index (χ0n) is 12.9. The standard InChI is InChI=1S/C16H19N3O4/c1-2-21-16-11(5-3-7-17-16)9-18-15(20)13-14(23-10-19-13)12-6-4-8-22-12/h3,5,7,10,12H,2,4,6,8-9H2,1H3,(H,18,20). The maximum atomic E-state index is 12.4. The Balaban J connectivity index is 1.67. The number of hydrogen-bond acceptors (Lipinski definition) is 6. The highest BCUT2D eigenvalue weighted by Crippen LogP contribution is 2.30. The molecular weight excluding hydrogens is 298 g/mol. The van der Waals surface area contributed by atoms with Crippen molar-refractivity contribution in [2.45, 2.75) is 32.4 Å². The number of pyridine rings is 1. The van der Waals surface area contributed by atoms with Crippen LogP contribution in [-0.2, 0) is 11.3 Å². The summed E-state index contributed by atoms with van der Waals surface area (Å²) >= 11 is 0. The second kappa shape index (κ2) is 7.23. The van der Waals surface area contributed by atoms with Gasteiger partial charge in [0.1, 0.15) is 6.10 Å². The summed E-state index contributed by atoms with van der Waals surface area (Å²) in [7, 11) is 0. The predicted molar refractivity (Wildman–Crippen MR) is 81.0 cm³/mol. The number of carbonyl (C=O) groups is 1. The highest BCUT2D eigenvalue weighted by atomic mass is 16.5. The lowest BCUT2D eigenvalue weighted by atomic mass is 10.1. The van der Waals surface area contributed by atoms with Crippen LogP contribution in [0.2, 0.25) is 0 Å². The summed E-state index contributed by atoms with van der Waals surface area (Å²) in [6.45, 7) is 3.39. The molecule has 0 spiro atoms. The largest absolute Gasteiger partial charge is 0.478 e. The fourth-order valence-electron chi connectivity index (χ4n) is 2.52. The molecule has 1 aliphatic heterocycles. The lowest BCUT2D eigenvalue weighted by molar-refractivity contribution is 0.0860. The van der Waals surface area contributed by atoms with E-state index >= 15 is 0 Å². The van der Waals surface area contributed by atoms with E-state index in [-0.39, 0.29) is 17.7 Å². The number of oxazole rings is 1. The number of rotatable bonds is 6. The second-order valence-electron chi connectivity index (χ2n) is 5.15. The first-order chi connectivity index (χ1) is 11.3. The van der Waals surface area contributed by atoms with Crippen LogP contribution < -0.4 is 10.1 Å². The van der Waals surface area contributed by atoms with E-state index in [2.05, 4.69) is 15.3 Å². The summed E-state index contributed by atoms with van der Waals surface area (Å²) in [6.07, 6.45) is 4.55. The molecule has 3 rings (SSSR count). The Kier molecular flexibility index (Phi) is 4.87. The molecule has 0 aliphatic carbocycles. The van der Waals surface area contributed by atoms with Crippen LogP contribution in [0.1, 0.15) is 47.7 Å². The minimum atomic E-state index is -0.296. The monoisotopic (exact) mass is 317 g/mol. The lowest BCUT2D eigenvalue weighted by Gasteiger charge is -2.10. The Labute approximate surface area is 134 Å². The van der Waals surface area contributed by atoms with Crippen LogP contribution in [0.25, 0.3) is 0 Å². The third-order valence-corrected chi connectivity index (χ3v) is 3.60. The Bertz CT molecular complexity index is 665. The van der Waals surface area contributed by atoms with Gasteiger partial charge in [-0.15, -0.1) is 0 Å². The molecule has 7 heteroatoms. The number of nitrogens with zero attached hydrogens (tertiary/aromatic N) is 2. The van der Waals surface area contributed by atoms with Gasteiger partial charge < -0.3 is 19.2 Å². The molecule has 7 nitrogen and oxygen atoms in total. The summed E-state index contributed by atoms with van der Waals surface area (Å²) in [6, 6.07) is 3.67. The highest BCUT2D eigenvalue weighted by Gasteiger charge is 2.27. The third kappa shape index (κ3) is 3.50. The molecule has 23 heavy (non-hydrogen) atoms. The van der Waals surface area contributed by atoms with Gasteiger partial charge in [0.2, 0.25) is 5.88 Å². The minimum Gasteiger partial charge on any atom is -0.478 e. The average Bonchev–Trinajstić information content (AvgIpc) is 3.24. The van der Waals surface area contributed by atoms with E-state index in [0.717, 1.165) is 18.4 Å². The second-order valence-corrected chi connectivity index (χ2v) is 5.15. The first kappa shape index (κ1) is 15.5. The van der Waals surface area contributed by atoms with Gasteiger partial charge in [-0.3, -0.25) is 4.79 Å². The molecule has 0 radical (unpaired) electrons. The van der Waals surface area contributed by atoms with Gasteiger partial charge in [-0.25, -0.2) is 9.97 Å². The number of amides is 1. The van der Waals surface area contributed by atoms with Gasteiger partial charge in [-0.2, -0.15) is 0 Å². The van der Waals surface area contributed by atoms with Crippen molar-refractivity contribution in [2.75, 3.05) is 13.2 Å². The van der Waals surface area contributed by atoms with Gasteiger partial charge in [0.25, 0.3) is 5.91 Å². The zero-order valence-corrected chi connectivity index (χ0v) is 12.9. The number of aromatic nitrogens is 2. The summed E-state index contributed by atoms with van der Waals surface area (Å²) < 4.78 is 16.4. The van der Waals surface area contributed by atoms with E-state index in [4.69, 9.17) is 13.9 Å². The molecule has 1 N–H and O–H groups in total. The molecule has 1 fully saturated rings. The van der Waals surface area contributed by atoms with Gasteiger partial charge in [-0.05, 0) is 25.8 Å². The Morgan fingerprint density at radius 3 is 3.17 bits per heavy atom. The molecule has 0 saturated carbocycles. The zero-order chi connectivity index (χ0) is 16.1. The SMILES string of the molecule is CCOc1ncccc1CNC(=O)c1ncoc1C1CCCO1. The minimum absolute atomic E-state index is 0.185. The van der Waals surface area contributed by atoms with Gasteiger partial charge in [0.05, 0.1) is 6.61 Å². The van der Waals surface area contributed by atoms with Crippen molar-refractivity contribution in [1.29, 1.82) is 0 Å². The van der Waals surface area contributed by atoms with E-state index in [9.17, 15) is 4.79 Å². The van der Waals surface area contributed by atoms with Crippen molar-refractivity contribution in [3.05, 3.63) is 41.7 Å². The first-order valence-electron chi connectivity index (χ1n) is 7.69.